The van der Waals surface area contributed by atoms with E-state index in [9.17, 15) is 8.42 Å². The molecule has 0 bridgehead atoms. The van der Waals surface area contributed by atoms with E-state index in [1.807, 2.05) is 25.1 Å². The molecule has 5 rings (SSSR count). The molecule has 1 aliphatic heterocycles. The van der Waals surface area contributed by atoms with Crippen molar-refractivity contribution in [3.8, 4) is 0 Å². The molecule has 0 radical (unpaired) electrons. The molecule has 10 heteroatoms. The molecule has 4 aromatic rings. The summed E-state index contributed by atoms with van der Waals surface area (Å²) in [7, 11) is -1.59. The first-order chi connectivity index (χ1) is 18.4. The Bertz CT molecular complexity index is 1490. The maximum Gasteiger partial charge on any atom is 0.261 e. The molecule has 3 aromatic carbocycles. The van der Waals surface area contributed by atoms with Crippen molar-refractivity contribution >= 4 is 44.5 Å². The highest BCUT2D eigenvalue weighted by atomic mass is 32.2. The molecule has 0 saturated carbocycles. The number of sulfonamides is 1. The van der Waals surface area contributed by atoms with Crippen LogP contribution in [0.3, 0.4) is 0 Å². The summed E-state index contributed by atoms with van der Waals surface area (Å²) in [5.41, 5.74) is 4.02. The van der Waals surface area contributed by atoms with Crippen LogP contribution in [0.2, 0.25) is 0 Å². The SMILES string of the molecule is Cc1cnc(Nc2ccc(N3CCN(C)CC3)cc2)nc1Nc1cccc(S(=O)(=O)Nc2ccccc2)c1. The molecular formula is C28H31N7O2S. The Labute approximate surface area is 223 Å². The van der Waals surface area contributed by atoms with Gasteiger partial charge in [-0.25, -0.2) is 13.4 Å². The third-order valence-corrected chi connectivity index (χ3v) is 7.78. The molecule has 38 heavy (non-hydrogen) atoms. The molecular weight excluding hydrogens is 498 g/mol. The number of anilines is 6. The predicted molar refractivity (Wildman–Crippen MR) is 153 cm³/mol. The molecule has 0 aliphatic carbocycles. The first-order valence-corrected chi connectivity index (χ1v) is 13.9. The summed E-state index contributed by atoms with van der Waals surface area (Å²) < 4.78 is 28.4. The molecule has 0 spiro atoms. The van der Waals surface area contributed by atoms with Crippen LogP contribution in [0, 0.1) is 6.92 Å². The lowest BCUT2D eigenvalue weighted by molar-refractivity contribution is 0.313. The third-order valence-electron chi connectivity index (χ3n) is 6.40. The lowest BCUT2D eigenvalue weighted by Gasteiger charge is -2.34. The fourth-order valence-corrected chi connectivity index (χ4v) is 5.28. The Kier molecular flexibility index (Phi) is 7.43. The summed E-state index contributed by atoms with van der Waals surface area (Å²) in [4.78, 5) is 13.9. The minimum Gasteiger partial charge on any atom is -0.369 e. The number of nitrogens with one attached hydrogen (secondary N) is 3. The Hall–Kier alpha value is -4.15. The summed E-state index contributed by atoms with van der Waals surface area (Å²) in [5, 5.41) is 6.50. The van der Waals surface area contributed by atoms with Crippen molar-refractivity contribution in [2.45, 2.75) is 11.8 Å². The van der Waals surface area contributed by atoms with Crippen LogP contribution in [0.15, 0.2) is 90.0 Å². The van der Waals surface area contributed by atoms with Crippen molar-refractivity contribution in [1.29, 1.82) is 0 Å². The van der Waals surface area contributed by atoms with E-state index in [-0.39, 0.29) is 4.90 Å². The molecule has 2 heterocycles. The monoisotopic (exact) mass is 529 g/mol. The molecule has 1 aliphatic rings. The first-order valence-electron chi connectivity index (χ1n) is 12.4. The van der Waals surface area contributed by atoms with Crippen LogP contribution in [0.5, 0.6) is 0 Å². The maximum absolute atomic E-state index is 12.9. The average Bonchev–Trinajstić information content (AvgIpc) is 2.92. The van der Waals surface area contributed by atoms with Crippen LogP contribution in [-0.2, 0) is 10.0 Å². The standard InChI is InChI=1S/C28H31N7O2S/c1-21-20-29-28(31-22-11-13-25(14-12-22)35-17-15-34(2)16-18-35)32-27(21)30-24-9-6-10-26(19-24)38(36,37)33-23-7-4-3-5-8-23/h3-14,19-20,33H,15-18H2,1-2H3,(H2,29,30,31,32). The van der Waals surface area contributed by atoms with Gasteiger partial charge in [0.1, 0.15) is 5.82 Å². The van der Waals surface area contributed by atoms with Gasteiger partial charge in [0.2, 0.25) is 5.95 Å². The number of hydrogen-bond donors (Lipinski definition) is 3. The van der Waals surface area contributed by atoms with Gasteiger partial charge in [-0.3, -0.25) is 4.72 Å². The Morgan fingerprint density at radius 1 is 0.789 bits per heavy atom. The number of likely N-dealkylation sites (N-methyl/N-ethyl adjacent to an activating group) is 1. The van der Waals surface area contributed by atoms with Gasteiger partial charge in [-0.15, -0.1) is 0 Å². The van der Waals surface area contributed by atoms with Crippen molar-refractivity contribution in [3.05, 3.63) is 90.6 Å². The fraction of sp³-hybridized carbons (Fsp3) is 0.214. The number of rotatable bonds is 8. The van der Waals surface area contributed by atoms with Crippen molar-refractivity contribution < 1.29 is 8.42 Å². The molecule has 1 aromatic heterocycles. The molecule has 9 nitrogen and oxygen atoms in total. The van der Waals surface area contributed by atoms with E-state index in [1.165, 1.54) is 5.69 Å². The summed E-state index contributed by atoms with van der Waals surface area (Å²) in [6.45, 7) is 6.06. The first kappa shape index (κ1) is 25.5. The second-order valence-corrected chi connectivity index (χ2v) is 11.0. The summed E-state index contributed by atoms with van der Waals surface area (Å²) in [6, 6.07) is 23.7. The van der Waals surface area contributed by atoms with E-state index >= 15 is 0 Å². The zero-order chi connectivity index (χ0) is 26.5. The number of hydrogen-bond acceptors (Lipinski definition) is 8. The van der Waals surface area contributed by atoms with Gasteiger partial charge in [-0.2, -0.15) is 4.98 Å². The predicted octanol–water partition coefficient (Wildman–Crippen LogP) is 4.82. The lowest BCUT2D eigenvalue weighted by atomic mass is 10.2. The van der Waals surface area contributed by atoms with Crippen molar-refractivity contribution in [2.24, 2.45) is 0 Å². The smallest absolute Gasteiger partial charge is 0.261 e. The van der Waals surface area contributed by atoms with E-state index < -0.39 is 10.0 Å². The van der Waals surface area contributed by atoms with Gasteiger partial charge in [0.05, 0.1) is 4.90 Å². The molecule has 0 amide bonds. The molecule has 196 valence electrons. The number of aryl methyl sites for hydroxylation is 1. The summed E-state index contributed by atoms with van der Waals surface area (Å²) in [6.07, 6.45) is 1.73. The summed E-state index contributed by atoms with van der Waals surface area (Å²) >= 11 is 0. The highest BCUT2D eigenvalue weighted by Crippen LogP contribution is 2.25. The summed E-state index contributed by atoms with van der Waals surface area (Å²) in [5.74, 6) is 1.03. The van der Waals surface area contributed by atoms with E-state index in [0.29, 0.717) is 23.1 Å². The minimum absolute atomic E-state index is 0.150. The zero-order valence-corrected chi connectivity index (χ0v) is 22.2. The van der Waals surface area contributed by atoms with Crippen LogP contribution in [0.25, 0.3) is 0 Å². The number of piperazine rings is 1. The van der Waals surface area contributed by atoms with Crippen LogP contribution in [0.4, 0.5) is 34.5 Å². The lowest BCUT2D eigenvalue weighted by Crippen LogP contribution is -2.44. The topological polar surface area (TPSA) is 102 Å². The Balaban J connectivity index is 1.28. The van der Waals surface area contributed by atoms with Crippen molar-refractivity contribution in [1.82, 2.24) is 14.9 Å². The quantitative estimate of drug-likeness (QED) is 0.298. The normalized spacial score (nSPS) is 14.2. The zero-order valence-electron chi connectivity index (χ0n) is 21.4. The maximum atomic E-state index is 12.9. The minimum atomic E-state index is -3.74. The van der Waals surface area contributed by atoms with E-state index in [2.05, 4.69) is 54.3 Å². The van der Waals surface area contributed by atoms with Crippen molar-refractivity contribution in [3.63, 3.8) is 0 Å². The van der Waals surface area contributed by atoms with Gasteiger partial charge in [0.15, 0.2) is 0 Å². The molecule has 0 unspecified atom stereocenters. The van der Waals surface area contributed by atoms with E-state index in [1.54, 1.807) is 54.7 Å². The molecule has 1 fully saturated rings. The number of nitrogens with zero attached hydrogens (tertiary/aromatic N) is 4. The highest BCUT2D eigenvalue weighted by molar-refractivity contribution is 7.92. The van der Waals surface area contributed by atoms with Crippen molar-refractivity contribution in [2.75, 3.05) is 53.5 Å². The van der Waals surface area contributed by atoms with Gasteiger partial charge < -0.3 is 20.4 Å². The van der Waals surface area contributed by atoms with E-state index in [4.69, 9.17) is 0 Å². The van der Waals surface area contributed by atoms with Crippen LogP contribution < -0.4 is 20.3 Å². The highest BCUT2D eigenvalue weighted by Gasteiger charge is 2.16. The fourth-order valence-electron chi connectivity index (χ4n) is 4.18. The van der Waals surface area contributed by atoms with E-state index in [0.717, 1.165) is 37.4 Å². The van der Waals surface area contributed by atoms with Crippen LogP contribution >= 0.6 is 0 Å². The number of benzene rings is 3. The number of aromatic nitrogens is 2. The second kappa shape index (κ2) is 11.1. The average molecular weight is 530 g/mol. The molecule has 0 atom stereocenters. The van der Waals surface area contributed by atoms with Crippen LogP contribution in [0.1, 0.15) is 5.56 Å². The molecule has 1 saturated heterocycles. The number of para-hydroxylation sites is 1. The Morgan fingerprint density at radius 3 is 2.24 bits per heavy atom. The van der Waals surface area contributed by atoms with Gasteiger partial charge in [-0.1, -0.05) is 24.3 Å². The molecule has 3 N–H and O–H groups in total. The third kappa shape index (κ3) is 6.21. The largest absolute Gasteiger partial charge is 0.369 e. The second-order valence-electron chi connectivity index (χ2n) is 9.31. The van der Waals surface area contributed by atoms with Gasteiger partial charge >= 0.3 is 0 Å². The van der Waals surface area contributed by atoms with Gasteiger partial charge in [-0.05, 0) is 68.6 Å². The Morgan fingerprint density at radius 2 is 1.50 bits per heavy atom. The van der Waals surface area contributed by atoms with Gasteiger partial charge in [0.25, 0.3) is 10.0 Å². The van der Waals surface area contributed by atoms with Crippen LogP contribution in [-0.4, -0.2) is 56.5 Å². The van der Waals surface area contributed by atoms with Gasteiger partial charge in [0, 0.05) is 60.7 Å².